The first-order valence-corrected chi connectivity index (χ1v) is 9.19. The van der Waals surface area contributed by atoms with E-state index < -0.39 is 0 Å². The maximum atomic E-state index is 14.5. The summed E-state index contributed by atoms with van der Waals surface area (Å²) in [5.74, 6) is 0.856. The lowest BCUT2D eigenvalue weighted by molar-refractivity contribution is -0.127. The first-order chi connectivity index (χ1) is 12.2. The standard InChI is InChI=1S/C17H25FN6O/c1-2-12-15(18)16(20-10-19-12)23-5-7-24(8-6-23)17-21-13(11-3-4-11)9-14(25)22-17/h10-11,13,17,21H,2-9H2,1H3,(H,22,25). The summed E-state index contributed by atoms with van der Waals surface area (Å²) in [6, 6.07) is 0.295. The Morgan fingerprint density at radius 3 is 2.68 bits per heavy atom. The number of carbonyl (C=O) groups excluding carboxylic acids is 1. The molecule has 2 N–H and O–H groups in total. The smallest absolute Gasteiger partial charge is 0.223 e. The zero-order chi connectivity index (χ0) is 17.4. The van der Waals surface area contributed by atoms with Crippen LogP contribution in [0.5, 0.6) is 0 Å². The van der Waals surface area contributed by atoms with E-state index in [-0.39, 0.29) is 18.0 Å². The molecule has 2 aliphatic heterocycles. The van der Waals surface area contributed by atoms with Gasteiger partial charge in [-0.3, -0.25) is 15.0 Å². The van der Waals surface area contributed by atoms with Crippen LogP contribution < -0.4 is 15.5 Å². The average Bonchev–Trinajstić information content (AvgIpc) is 3.47. The molecule has 4 rings (SSSR count). The minimum absolute atomic E-state index is 0.115. The van der Waals surface area contributed by atoms with Gasteiger partial charge in [0.2, 0.25) is 5.91 Å². The van der Waals surface area contributed by atoms with Crippen molar-refractivity contribution >= 4 is 11.7 Å². The van der Waals surface area contributed by atoms with Gasteiger partial charge in [0.05, 0.1) is 5.69 Å². The molecule has 8 heteroatoms. The van der Waals surface area contributed by atoms with Crippen molar-refractivity contribution in [1.82, 2.24) is 25.5 Å². The van der Waals surface area contributed by atoms with Crippen molar-refractivity contribution in [2.75, 3.05) is 31.1 Å². The van der Waals surface area contributed by atoms with Crippen molar-refractivity contribution in [3.05, 3.63) is 17.8 Å². The summed E-state index contributed by atoms with van der Waals surface area (Å²) >= 11 is 0. The topological polar surface area (TPSA) is 73.4 Å². The third-order valence-corrected chi connectivity index (χ3v) is 5.42. The Balaban J connectivity index is 1.39. The Bertz CT molecular complexity index is 644. The van der Waals surface area contributed by atoms with Crippen LogP contribution in [0.4, 0.5) is 10.2 Å². The van der Waals surface area contributed by atoms with Gasteiger partial charge in [-0.05, 0) is 25.2 Å². The van der Waals surface area contributed by atoms with Gasteiger partial charge in [0.25, 0.3) is 0 Å². The summed E-state index contributed by atoms with van der Waals surface area (Å²) in [4.78, 5) is 24.3. The molecule has 0 radical (unpaired) electrons. The Hall–Kier alpha value is -1.80. The number of piperazine rings is 1. The second-order valence-corrected chi connectivity index (χ2v) is 7.12. The van der Waals surface area contributed by atoms with Gasteiger partial charge in [-0.25, -0.2) is 14.4 Å². The maximum absolute atomic E-state index is 14.5. The predicted molar refractivity (Wildman–Crippen MR) is 91.3 cm³/mol. The number of nitrogens with zero attached hydrogens (tertiary/aromatic N) is 4. The van der Waals surface area contributed by atoms with E-state index in [1.807, 2.05) is 11.8 Å². The van der Waals surface area contributed by atoms with E-state index in [1.165, 1.54) is 19.2 Å². The van der Waals surface area contributed by atoms with Gasteiger partial charge >= 0.3 is 0 Å². The van der Waals surface area contributed by atoms with Crippen LogP contribution in [-0.2, 0) is 11.2 Å². The summed E-state index contributed by atoms with van der Waals surface area (Å²) in [6.45, 7) is 4.75. The molecule has 3 aliphatic rings. The van der Waals surface area contributed by atoms with Gasteiger partial charge in [-0.1, -0.05) is 6.92 Å². The molecular weight excluding hydrogens is 323 g/mol. The molecule has 1 saturated carbocycles. The fourth-order valence-corrected chi connectivity index (χ4v) is 3.77. The molecule has 136 valence electrons. The van der Waals surface area contributed by atoms with E-state index in [2.05, 4.69) is 25.5 Å². The normalized spacial score (nSPS) is 28.1. The SMILES string of the molecule is CCc1ncnc(N2CCN(C3NC(=O)CC(C4CC4)N3)CC2)c1F. The molecule has 3 fully saturated rings. The highest BCUT2D eigenvalue weighted by atomic mass is 19.1. The summed E-state index contributed by atoms with van der Waals surface area (Å²) in [5, 5.41) is 6.62. The van der Waals surface area contributed by atoms with Crippen molar-refractivity contribution in [3.63, 3.8) is 0 Å². The van der Waals surface area contributed by atoms with E-state index in [0.29, 0.717) is 49.4 Å². The molecule has 0 aromatic carbocycles. The highest BCUT2D eigenvalue weighted by Gasteiger charge is 2.39. The van der Waals surface area contributed by atoms with Crippen LogP contribution in [-0.4, -0.2) is 59.3 Å². The van der Waals surface area contributed by atoms with Crippen LogP contribution in [0.2, 0.25) is 0 Å². The van der Waals surface area contributed by atoms with Gasteiger partial charge in [-0.2, -0.15) is 0 Å². The van der Waals surface area contributed by atoms with Crippen LogP contribution in [0, 0.1) is 11.7 Å². The molecule has 7 nitrogen and oxygen atoms in total. The van der Waals surface area contributed by atoms with Crippen LogP contribution >= 0.6 is 0 Å². The maximum Gasteiger partial charge on any atom is 0.223 e. The quantitative estimate of drug-likeness (QED) is 0.824. The van der Waals surface area contributed by atoms with E-state index in [0.717, 1.165) is 13.1 Å². The summed E-state index contributed by atoms with van der Waals surface area (Å²) in [6.07, 6.45) is 4.90. The first-order valence-electron chi connectivity index (χ1n) is 9.19. The Morgan fingerprint density at radius 1 is 1.24 bits per heavy atom. The van der Waals surface area contributed by atoms with Crippen LogP contribution in [0.3, 0.4) is 0 Å². The number of carbonyl (C=O) groups is 1. The Labute approximate surface area is 147 Å². The van der Waals surface area contributed by atoms with Crippen molar-refractivity contribution in [2.24, 2.45) is 5.92 Å². The van der Waals surface area contributed by atoms with Gasteiger partial charge in [0, 0.05) is 38.6 Å². The minimum Gasteiger partial charge on any atom is -0.352 e. The molecule has 1 aromatic rings. The van der Waals surface area contributed by atoms with Crippen LogP contribution in [0.1, 0.15) is 31.9 Å². The molecule has 1 amide bonds. The number of hydrogen-bond acceptors (Lipinski definition) is 6. The van der Waals surface area contributed by atoms with E-state index >= 15 is 0 Å². The Kier molecular flexibility index (Phi) is 4.56. The van der Waals surface area contributed by atoms with E-state index in [9.17, 15) is 9.18 Å². The van der Waals surface area contributed by atoms with Crippen molar-refractivity contribution < 1.29 is 9.18 Å². The molecule has 25 heavy (non-hydrogen) atoms. The average molecular weight is 348 g/mol. The molecule has 2 unspecified atom stereocenters. The number of aryl methyl sites for hydroxylation is 1. The first kappa shape index (κ1) is 16.7. The Morgan fingerprint density at radius 2 is 2.00 bits per heavy atom. The third kappa shape index (κ3) is 3.46. The number of nitrogens with one attached hydrogen (secondary N) is 2. The van der Waals surface area contributed by atoms with E-state index in [1.54, 1.807) is 0 Å². The molecule has 2 saturated heterocycles. The summed E-state index contributed by atoms with van der Waals surface area (Å²) < 4.78 is 14.5. The lowest BCUT2D eigenvalue weighted by atomic mass is 10.1. The van der Waals surface area contributed by atoms with Gasteiger partial charge < -0.3 is 10.2 Å². The summed E-state index contributed by atoms with van der Waals surface area (Å²) in [5.41, 5.74) is 0.459. The number of amides is 1. The minimum atomic E-state index is -0.309. The monoisotopic (exact) mass is 348 g/mol. The number of rotatable bonds is 4. The number of anilines is 1. The molecule has 3 heterocycles. The van der Waals surface area contributed by atoms with Crippen molar-refractivity contribution in [3.8, 4) is 0 Å². The van der Waals surface area contributed by atoms with Gasteiger partial charge in [0.15, 0.2) is 11.6 Å². The number of hydrogen-bond donors (Lipinski definition) is 2. The zero-order valence-corrected chi connectivity index (χ0v) is 14.5. The fraction of sp³-hybridized carbons (Fsp3) is 0.706. The molecule has 2 atom stereocenters. The molecule has 0 spiro atoms. The second-order valence-electron chi connectivity index (χ2n) is 7.12. The second kappa shape index (κ2) is 6.84. The van der Waals surface area contributed by atoms with Crippen molar-refractivity contribution in [2.45, 2.75) is 44.9 Å². The highest BCUT2D eigenvalue weighted by molar-refractivity contribution is 5.77. The predicted octanol–water partition coefficient (Wildman–Crippen LogP) is 0.472. The number of aromatic nitrogens is 2. The lowest BCUT2D eigenvalue weighted by Crippen LogP contribution is -2.67. The molecule has 0 bridgehead atoms. The third-order valence-electron chi connectivity index (χ3n) is 5.42. The van der Waals surface area contributed by atoms with Crippen molar-refractivity contribution in [1.29, 1.82) is 0 Å². The largest absolute Gasteiger partial charge is 0.352 e. The molecular formula is C17H25FN6O. The van der Waals surface area contributed by atoms with Crippen LogP contribution in [0.15, 0.2) is 6.33 Å². The number of halogens is 1. The fourth-order valence-electron chi connectivity index (χ4n) is 3.77. The molecule has 1 aliphatic carbocycles. The molecule has 1 aromatic heterocycles. The lowest BCUT2D eigenvalue weighted by Gasteiger charge is -2.43. The summed E-state index contributed by atoms with van der Waals surface area (Å²) in [7, 11) is 0. The van der Waals surface area contributed by atoms with Gasteiger partial charge in [0.1, 0.15) is 12.6 Å². The zero-order valence-electron chi connectivity index (χ0n) is 14.5. The van der Waals surface area contributed by atoms with E-state index in [4.69, 9.17) is 0 Å². The van der Waals surface area contributed by atoms with Gasteiger partial charge in [-0.15, -0.1) is 0 Å². The van der Waals surface area contributed by atoms with Crippen LogP contribution in [0.25, 0.3) is 0 Å². The highest BCUT2D eigenvalue weighted by Crippen LogP contribution is 2.35.